The van der Waals surface area contributed by atoms with Gasteiger partial charge in [0, 0.05) is 17.3 Å². The molecular formula is C24H25F3N2O2S. The first-order chi connectivity index (χ1) is 15.0. The predicted molar refractivity (Wildman–Crippen MR) is 119 cm³/mol. The van der Waals surface area contributed by atoms with Crippen molar-refractivity contribution in [3.63, 3.8) is 0 Å². The van der Waals surface area contributed by atoms with Crippen LogP contribution in [0.1, 0.15) is 41.2 Å². The summed E-state index contributed by atoms with van der Waals surface area (Å²) in [5.74, 6) is 0.517. The van der Waals surface area contributed by atoms with Crippen molar-refractivity contribution >= 4 is 17.2 Å². The molecule has 0 aliphatic rings. The summed E-state index contributed by atoms with van der Waals surface area (Å²) in [4.78, 5) is 16.8. The molecule has 8 heteroatoms. The molecule has 1 aromatic heterocycles. The highest BCUT2D eigenvalue weighted by atomic mass is 32.1. The number of hydrogen-bond donors (Lipinski definition) is 1. The van der Waals surface area contributed by atoms with Gasteiger partial charge in [-0.2, -0.15) is 13.2 Å². The van der Waals surface area contributed by atoms with E-state index in [4.69, 9.17) is 4.74 Å². The summed E-state index contributed by atoms with van der Waals surface area (Å²) in [5.41, 5.74) is 0.934. The summed E-state index contributed by atoms with van der Waals surface area (Å²) in [7, 11) is 0. The van der Waals surface area contributed by atoms with Gasteiger partial charge in [0.2, 0.25) is 5.91 Å². The number of nitrogens with one attached hydrogen (secondary N) is 1. The molecular weight excluding hydrogens is 437 g/mol. The van der Waals surface area contributed by atoms with Crippen LogP contribution in [0.25, 0.3) is 0 Å². The normalized spacial score (nSPS) is 11.9. The van der Waals surface area contributed by atoms with Gasteiger partial charge >= 0.3 is 6.18 Å². The highest BCUT2D eigenvalue weighted by Gasteiger charge is 2.32. The fourth-order valence-electron chi connectivity index (χ4n) is 3.04. The Morgan fingerprint density at radius 1 is 1.09 bits per heavy atom. The van der Waals surface area contributed by atoms with Crippen molar-refractivity contribution in [3.05, 3.63) is 81.3 Å². The minimum Gasteiger partial charge on any atom is -0.486 e. The number of aryl methyl sites for hydroxylation is 1. The van der Waals surface area contributed by atoms with Gasteiger partial charge in [-0.1, -0.05) is 49.7 Å². The molecule has 0 atom stereocenters. The van der Waals surface area contributed by atoms with Gasteiger partial charge in [0.1, 0.15) is 17.4 Å². The van der Waals surface area contributed by atoms with E-state index in [0.717, 1.165) is 28.5 Å². The van der Waals surface area contributed by atoms with E-state index in [0.29, 0.717) is 17.9 Å². The van der Waals surface area contributed by atoms with Gasteiger partial charge in [-0.15, -0.1) is 11.3 Å². The molecule has 3 rings (SSSR count). The molecule has 0 fully saturated rings. The van der Waals surface area contributed by atoms with Gasteiger partial charge in [0.15, 0.2) is 0 Å². The second kappa shape index (κ2) is 9.73. The van der Waals surface area contributed by atoms with Gasteiger partial charge in [-0.25, -0.2) is 4.98 Å². The molecule has 2 aromatic carbocycles. The highest BCUT2D eigenvalue weighted by molar-refractivity contribution is 7.09. The van der Waals surface area contributed by atoms with Gasteiger partial charge in [0.25, 0.3) is 0 Å². The SMILES string of the molecule is Cc1ccc(OCc2nc(CC(=O)NCC(C)(C)c3cccc(C(F)(F)F)c3)cs2)cc1. The van der Waals surface area contributed by atoms with Crippen molar-refractivity contribution in [1.29, 1.82) is 0 Å². The van der Waals surface area contributed by atoms with Crippen LogP contribution >= 0.6 is 11.3 Å². The van der Waals surface area contributed by atoms with Gasteiger partial charge in [-0.3, -0.25) is 4.79 Å². The number of aromatic nitrogens is 1. The number of amides is 1. The maximum Gasteiger partial charge on any atom is 0.416 e. The van der Waals surface area contributed by atoms with E-state index in [9.17, 15) is 18.0 Å². The Morgan fingerprint density at radius 2 is 1.78 bits per heavy atom. The van der Waals surface area contributed by atoms with Crippen LogP contribution in [0, 0.1) is 6.92 Å². The van der Waals surface area contributed by atoms with E-state index in [2.05, 4.69) is 10.3 Å². The number of benzene rings is 2. The molecule has 32 heavy (non-hydrogen) atoms. The summed E-state index contributed by atoms with van der Waals surface area (Å²) in [6.07, 6.45) is -4.31. The van der Waals surface area contributed by atoms with Crippen molar-refractivity contribution in [1.82, 2.24) is 10.3 Å². The van der Waals surface area contributed by atoms with E-state index in [1.807, 2.05) is 36.6 Å². The number of alkyl halides is 3. The fraction of sp³-hybridized carbons (Fsp3) is 0.333. The number of rotatable bonds is 8. The molecule has 1 N–H and O–H groups in total. The summed E-state index contributed by atoms with van der Waals surface area (Å²) >= 11 is 1.42. The molecule has 0 spiro atoms. The third-order valence-electron chi connectivity index (χ3n) is 5.02. The van der Waals surface area contributed by atoms with Crippen LogP contribution in [0.4, 0.5) is 13.2 Å². The summed E-state index contributed by atoms with van der Waals surface area (Å²) in [6, 6.07) is 12.9. The van der Waals surface area contributed by atoms with Crippen molar-refractivity contribution in [2.24, 2.45) is 0 Å². The predicted octanol–water partition coefficient (Wildman–Crippen LogP) is 5.69. The Kier molecular flexibility index (Phi) is 7.23. The Bertz CT molecular complexity index is 1060. The van der Waals surface area contributed by atoms with E-state index in [1.165, 1.54) is 17.4 Å². The molecule has 0 aliphatic heterocycles. The van der Waals surface area contributed by atoms with Crippen LogP contribution in [0.15, 0.2) is 53.9 Å². The molecule has 170 valence electrons. The van der Waals surface area contributed by atoms with Crippen molar-refractivity contribution in [3.8, 4) is 5.75 Å². The third kappa shape index (κ3) is 6.56. The van der Waals surface area contributed by atoms with Crippen LogP contribution < -0.4 is 10.1 Å². The zero-order chi connectivity index (χ0) is 23.4. The van der Waals surface area contributed by atoms with Gasteiger partial charge in [0.05, 0.1) is 17.7 Å². The first-order valence-electron chi connectivity index (χ1n) is 10.1. The van der Waals surface area contributed by atoms with E-state index in [-0.39, 0.29) is 18.9 Å². The van der Waals surface area contributed by atoms with Crippen LogP contribution in [-0.2, 0) is 29.4 Å². The standard InChI is InChI=1S/C24H25F3N2O2S/c1-16-7-9-20(10-8-16)31-13-22-29-19(14-32-22)12-21(30)28-15-23(2,3)17-5-4-6-18(11-17)24(25,26)27/h4-11,14H,12-13,15H2,1-3H3,(H,28,30). The van der Waals surface area contributed by atoms with Gasteiger partial charge in [-0.05, 0) is 30.7 Å². The molecule has 0 saturated carbocycles. The number of thiazole rings is 1. The second-order valence-electron chi connectivity index (χ2n) is 8.25. The monoisotopic (exact) mass is 462 g/mol. The first-order valence-corrected chi connectivity index (χ1v) is 11.0. The Hall–Kier alpha value is -2.87. The van der Waals surface area contributed by atoms with Crippen LogP contribution in [0.2, 0.25) is 0 Å². The molecule has 0 bridgehead atoms. The molecule has 3 aromatic rings. The average molecular weight is 463 g/mol. The number of ether oxygens (including phenoxy) is 1. The number of hydrogen-bond acceptors (Lipinski definition) is 4. The van der Waals surface area contributed by atoms with Crippen molar-refractivity contribution in [2.75, 3.05) is 6.54 Å². The smallest absolute Gasteiger partial charge is 0.416 e. The van der Waals surface area contributed by atoms with Crippen LogP contribution in [0.5, 0.6) is 5.75 Å². The lowest BCUT2D eigenvalue weighted by Gasteiger charge is -2.26. The van der Waals surface area contributed by atoms with Crippen molar-refractivity contribution < 1.29 is 22.7 Å². The quantitative estimate of drug-likeness (QED) is 0.468. The minimum absolute atomic E-state index is 0.0969. The molecule has 0 radical (unpaired) electrons. The molecule has 1 heterocycles. The summed E-state index contributed by atoms with van der Waals surface area (Å²) < 4.78 is 44.7. The topological polar surface area (TPSA) is 51.2 Å². The number of carbonyl (C=O) groups excluding carboxylic acids is 1. The minimum atomic E-state index is -4.40. The lowest BCUT2D eigenvalue weighted by Crippen LogP contribution is -2.37. The van der Waals surface area contributed by atoms with E-state index >= 15 is 0 Å². The third-order valence-corrected chi connectivity index (χ3v) is 5.89. The lowest BCUT2D eigenvalue weighted by molar-refractivity contribution is -0.137. The zero-order valence-corrected chi connectivity index (χ0v) is 18.9. The molecule has 0 saturated heterocycles. The molecule has 1 amide bonds. The number of carbonyl (C=O) groups is 1. The molecule has 0 unspecified atom stereocenters. The zero-order valence-electron chi connectivity index (χ0n) is 18.1. The average Bonchev–Trinajstić information content (AvgIpc) is 3.19. The van der Waals surface area contributed by atoms with E-state index in [1.54, 1.807) is 19.9 Å². The maximum absolute atomic E-state index is 13.0. The van der Waals surface area contributed by atoms with Crippen molar-refractivity contribution in [2.45, 2.75) is 45.4 Å². The Morgan fingerprint density at radius 3 is 2.47 bits per heavy atom. The molecule has 4 nitrogen and oxygen atoms in total. The maximum atomic E-state index is 13.0. The van der Waals surface area contributed by atoms with Crippen LogP contribution in [-0.4, -0.2) is 17.4 Å². The molecule has 0 aliphatic carbocycles. The Labute approximate surface area is 189 Å². The fourth-order valence-corrected chi connectivity index (χ4v) is 3.75. The number of nitrogens with zero attached hydrogens (tertiary/aromatic N) is 1. The Balaban J connectivity index is 1.52. The highest BCUT2D eigenvalue weighted by Crippen LogP contribution is 2.32. The van der Waals surface area contributed by atoms with E-state index < -0.39 is 17.2 Å². The second-order valence-corrected chi connectivity index (χ2v) is 9.19. The largest absolute Gasteiger partial charge is 0.486 e. The van der Waals surface area contributed by atoms with Crippen LogP contribution in [0.3, 0.4) is 0 Å². The first kappa shape index (κ1) is 23.8. The summed E-state index contributed by atoms with van der Waals surface area (Å²) in [5, 5.41) is 5.39. The summed E-state index contributed by atoms with van der Waals surface area (Å²) in [6.45, 7) is 6.12. The van der Waals surface area contributed by atoms with Gasteiger partial charge < -0.3 is 10.1 Å². The lowest BCUT2D eigenvalue weighted by atomic mass is 9.83. The number of halogens is 3.